The fourth-order valence-electron chi connectivity index (χ4n) is 3.92. The molecule has 0 bridgehead atoms. The van der Waals surface area contributed by atoms with Crippen molar-refractivity contribution in [1.82, 2.24) is 15.5 Å². The predicted octanol–water partition coefficient (Wildman–Crippen LogP) is 1.63. The summed E-state index contributed by atoms with van der Waals surface area (Å²) in [6.45, 7) is 9.71. The van der Waals surface area contributed by atoms with Crippen LogP contribution in [0.15, 0.2) is 29.3 Å². The van der Waals surface area contributed by atoms with Crippen molar-refractivity contribution in [2.75, 3.05) is 51.7 Å². The van der Waals surface area contributed by atoms with Crippen LogP contribution >= 0.6 is 0 Å². The van der Waals surface area contributed by atoms with Gasteiger partial charge in [-0.1, -0.05) is 32.0 Å². The zero-order valence-corrected chi connectivity index (χ0v) is 17.2. The second-order valence-electron chi connectivity index (χ2n) is 8.02. The van der Waals surface area contributed by atoms with E-state index >= 15 is 0 Å². The molecule has 2 heterocycles. The number of benzene rings is 1. The van der Waals surface area contributed by atoms with Crippen LogP contribution in [0.5, 0.6) is 0 Å². The lowest BCUT2D eigenvalue weighted by Gasteiger charge is -2.34. The highest BCUT2D eigenvalue weighted by Crippen LogP contribution is 2.31. The number of hydrogen-bond donors (Lipinski definition) is 3. The van der Waals surface area contributed by atoms with E-state index in [1.165, 1.54) is 5.56 Å². The van der Waals surface area contributed by atoms with Gasteiger partial charge in [0.05, 0.1) is 12.7 Å². The Hall–Kier alpha value is -2.12. The van der Waals surface area contributed by atoms with Gasteiger partial charge in [0.25, 0.3) is 0 Å². The molecule has 2 unspecified atom stereocenters. The number of amides is 1. The van der Waals surface area contributed by atoms with Gasteiger partial charge in [0.15, 0.2) is 5.96 Å². The second-order valence-corrected chi connectivity index (χ2v) is 8.02. The maximum absolute atomic E-state index is 12.0. The number of nitrogens with zero attached hydrogens (tertiary/aromatic N) is 2. The minimum absolute atomic E-state index is 0.0642. The fraction of sp³-hybridized carbons (Fsp3) is 0.619. The summed E-state index contributed by atoms with van der Waals surface area (Å²) in [6.07, 6.45) is 0.643. The van der Waals surface area contributed by atoms with E-state index in [1.807, 2.05) is 18.2 Å². The van der Waals surface area contributed by atoms with Crippen LogP contribution < -0.4 is 16.0 Å². The SMILES string of the molecule is CN=C(NCC1CN(CC(C)C)CCO1)NCC1CC(=O)Nc2ccccc21. The summed E-state index contributed by atoms with van der Waals surface area (Å²) in [5.74, 6) is 1.61. The molecule has 1 saturated heterocycles. The van der Waals surface area contributed by atoms with Crippen LogP contribution in [0.4, 0.5) is 5.69 Å². The van der Waals surface area contributed by atoms with E-state index in [4.69, 9.17) is 4.74 Å². The molecule has 154 valence electrons. The van der Waals surface area contributed by atoms with Crippen LogP contribution in [0.3, 0.4) is 0 Å². The number of hydrogen-bond acceptors (Lipinski definition) is 4. The van der Waals surface area contributed by atoms with Gasteiger partial charge in [0.2, 0.25) is 5.91 Å². The van der Waals surface area contributed by atoms with Crippen molar-refractivity contribution in [1.29, 1.82) is 0 Å². The van der Waals surface area contributed by atoms with Gasteiger partial charge < -0.3 is 20.7 Å². The van der Waals surface area contributed by atoms with Crippen molar-refractivity contribution in [3.63, 3.8) is 0 Å². The van der Waals surface area contributed by atoms with Crippen LogP contribution in [0, 0.1) is 5.92 Å². The van der Waals surface area contributed by atoms with Crippen LogP contribution in [0.1, 0.15) is 31.7 Å². The van der Waals surface area contributed by atoms with Gasteiger partial charge in [0.1, 0.15) is 0 Å². The number of anilines is 1. The lowest BCUT2D eigenvalue weighted by Crippen LogP contribution is -2.50. The molecule has 28 heavy (non-hydrogen) atoms. The Morgan fingerprint density at radius 2 is 2.11 bits per heavy atom. The largest absolute Gasteiger partial charge is 0.374 e. The number of guanidine groups is 1. The minimum atomic E-state index is 0.0642. The van der Waals surface area contributed by atoms with Crippen molar-refractivity contribution in [3.8, 4) is 0 Å². The highest BCUT2D eigenvalue weighted by Gasteiger charge is 2.25. The van der Waals surface area contributed by atoms with Gasteiger partial charge >= 0.3 is 0 Å². The summed E-state index contributed by atoms with van der Waals surface area (Å²) in [4.78, 5) is 18.8. The first-order valence-corrected chi connectivity index (χ1v) is 10.2. The van der Waals surface area contributed by atoms with E-state index < -0.39 is 0 Å². The Bertz CT molecular complexity index is 691. The molecular formula is C21H33N5O2. The van der Waals surface area contributed by atoms with E-state index in [9.17, 15) is 4.79 Å². The zero-order chi connectivity index (χ0) is 19.9. The topological polar surface area (TPSA) is 78.0 Å². The molecular weight excluding hydrogens is 354 g/mol. The monoisotopic (exact) mass is 387 g/mol. The molecule has 7 nitrogen and oxygen atoms in total. The lowest BCUT2D eigenvalue weighted by atomic mass is 9.90. The maximum Gasteiger partial charge on any atom is 0.225 e. The zero-order valence-electron chi connectivity index (χ0n) is 17.2. The quantitative estimate of drug-likeness (QED) is 0.511. The number of carbonyl (C=O) groups excluding carboxylic acids is 1. The summed E-state index contributed by atoms with van der Waals surface area (Å²) in [5, 5.41) is 9.69. The third-order valence-corrected chi connectivity index (χ3v) is 5.19. The van der Waals surface area contributed by atoms with E-state index in [0.29, 0.717) is 18.9 Å². The highest BCUT2D eigenvalue weighted by atomic mass is 16.5. The third kappa shape index (κ3) is 5.69. The molecule has 1 aromatic rings. The number of para-hydroxylation sites is 1. The molecule has 0 radical (unpaired) electrons. The molecule has 0 aromatic heterocycles. The normalized spacial score (nSPS) is 23.3. The summed E-state index contributed by atoms with van der Waals surface area (Å²) < 4.78 is 5.90. The second kappa shape index (κ2) is 9.89. The average molecular weight is 388 g/mol. The molecule has 3 N–H and O–H groups in total. The number of carbonyl (C=O) groups is 1. The molecule has 1 fully saturated rings. The molecule has 0 saturated carbocycles. The number of nitrogens with one attached hydrogen (secondary N) is 3. The Labute approximate surface area is 167 Å². The first kappa shape index (κ1) is 20.6. The number of ether oxygens (including phenoxy) is 1. The third-order valence-electron chi connectivity index (χ3n) is 5.19. The molecule has 0 spiro atoms. The Morgan fingerprint density at radius 1 is 1.32 bits per heavy atom. The van der Waals surface area contributed by atoms with Gasteiger partial charge in [-0.05, 0) is 17.5 Å². The predicted molar refractivity (Wildman–Crippen MR) is 113 cm³/mol. The van der Waals surface area contributed by atoms with E-state index in [0.717, 1.165) is 44.4 Å². The van der Waals surface area contributed by atoms with Gasteiger partial charge in [-0.3, -0.25) is 14.7 Å². The Kier molecular flexibility index (Phi) is 7.28. The molecule has 3 rings (SSSR count). The van der Waals surface area contributed by atoms with Crippen molar-refractivity contribution >= 4 is 17.6 Å². The Balaban J connectivity index is 1.48. The van der Waals surface area contributed by atoms with Crippen molar-refractivity contribution in [2.24, 2.45) is 10.9 Å². The molecule has 7 heteroatoms. The maximum atomic E-state index is 12.0. The number of morpholine rings is 1. The Morgan fingerprint density at radius 3 is 2.89 bits per heavy atom. The average Bonchev–Trinajstić information content (AvgIpc) is 2.67. The number of aliphatic imine (C=N–C) groups is 1. The van der Waals surface area contributed by atoms with Crippen LogP contribution in [0.25, 0.3) is 0 Å². The van der Waals surface area contributed by atoms with Crippen molar-refractivity contribution in [2.45, 2.75) is 32.3 Å². The summed E-state index contributed by atoms with van der Waals surface area (Å²) >= 11 is 0. The smallest absolute Gasteiger partial charge is 0.225 e. The lowest BCUT2D eigenvalue weighted by molar-refractivity contribution is -0.116. The van der Waals surface area contributed by atoms with Crippen LogP contribution in [0.2, 0.25) is 0 Å². The molecule has 1 amide bonds. The summed E-state index contributed by atoms with van der Waals surface area (Å²) in [5.41, 5.74) is 2.08. The van der Waals surface area contributed by atoms with Gasteiger partial charge in [0, 0.05) is 57.8 Å². The van der Waals surface area contributed by atoms with E-state index in [1.54, 1.807) is 7.05 Å². The van der Waals surface area contributed by atoms with Crippen LogP contribution in [-0.2, 0) is 9.53 Å². The van der Waals surface area contributed by atoms with Crippen molar-refractivity contribution < 1.29 is 9.53 Å². The van der Waals surface area contributed by atoms with Crippen molar-refractivity contribution in [3.05, 3.63) is 29.8 Å². The molecule has 2 atom stereocenters. The molecule has 0 aliphatic carbocycles. The first-order chi connectivity index (χ1) is 13.5. The number of fused-ring (bicyclic) bond motifs is 1. The summed E-state index contributed by atoms with van der Waals surface area (Å²) in [6, 6.07) is 7.99. The van der Waals surface area contributed by atoms with Crippen LogP contribution in [-0.4, -0.2) is 69.2 Å². The van der Waals surface area contributed by atoms with Gasteiger partial charge in [-0.25, -0.2) is 0 Å². The highest BCUT2D eigenvalue weighted by molar-refractivity contribution is 5.94. The number of rotatable bonds is 6. The summed E-state index contributed by atoms with van der Waals surface area (Å²) in [7, 11) is 1.77. The van der Waals surface area contributed by atoms with E-state index in [2.05, 4.69) is 45.8 Å². The fourth-order valence-corrected chi connectivity index (χ4v) is 3.92. The first-order valence-electron chi connectivity index (χ1n) is 10.2. The molecule has 1 aromatic carbocycles. The molecule has 2 aliphatic rings. The molecule has 2 aliphatic heterocycles. The van der Waals surface area contributed by atoms with Gasteiger partial charge in [-0.15, -0.1) is 0 Å². The minimum Gasteiger partial charge on any atom is -0.374 e. The van der Waals surface area contributed by atoms with E-state index in [-0.39, 0.29) is 17.9 Å². The van der Waals surface area contributed by atoms with Gasteiger partial charge in [-0.2, -0.15) is 0 Å². The standard InChI is InChI=1S/C21H33N5O2/c1-15(2)13-26-8-9-28-17(14-26)12-24-21(22-3)23-11-16-10-20(27)25-19-7-5-4-6-18(16)19/h4-7,15-17H,8-14H2,1-3H3,(H,25,27)(H2,22,23,24).